The number of rotatable bonds is 3. The molecule has 2 N–H and O–H groups in total. The van der Waals surface area contributed by atoms with Crippen molar-refractivity contribution >= 4 is 28.9 Å². The maximum absolute atomic E-state index is 6.06. The Morgan fingerprint density at radius 1 is 1.22 bits per heavy atom. The van der Waals surface area contributed by atoms with E-state index in [2.05, 4.69) is 11.9 Å². The Bertz CT molecular complexity index is 415. The van der Waals surface area contributed by atoms with Crippen molar-refractivity contribution in [3.8, 4) is 0 Å². The fraction of sp³-hybridized carbons (Fsp3) is 0.571. The monoisotopic (exact) mass is 286 g/mol. The van der Waals surface area contributed by atoms with Gasteiger partial charge in [-0.1, -0.05) is 42.5 Å². The molecule has 0 amide bonds. The Labute approximate surface area is 119 Å². The van der Waals surface area contributed by atoms with E-state index in [1.165, 1.54) is 32.1 Å². The average molecular weight is 287 g/mol. The normalized spacial score (nSPS) is 17.3. The summed E-state index contributed by atoms with van der Waals surface area (Å²) in [7, 11) is 2.16. The molecular weight excluding hydrogens is 267 g/mol. The van der Waals surface area contributed by atoms with Crippen molar-refractivity contribution in [3.63, 3.8) is 0 Å². The number of hydrogen-bond donors (Lipinski definition) is 1. The predicted molar refractivity (Wildman–Crippen MR) is 79.2 cm³/mol. The largest absolute Gasteiger partial charge is 0.397 e. The molecule has 0 heterocycles. The van der Waals surface area contributed by atoms with Gasteiger partial charge in [0, 0.05) is 17.6 Å². The van der Waals surface area contributed by atoms with E-state index in [9.17, 15) is 0 Å². The highest BCUT2D eigenvalue weighted by Crippen LogP contribution is 2.30. The van der Waals surface area contributed by atoms with E-state index in [1.54, 1.807) is 6.07 Å². The fourth-order valence-electron chi connectivity index (χ4n) is 2.69. The summed E-state index contributed by atoms with van der Waals surface area (Å²) < 4.78 is 0. The predicted octanol–water partition coefficient (Wildman–Crippen LogP) is 4.34. The van der Waals surface area contributed by atoms with E-state index in [0.717, 1.165) is 12.1 Å². The lowest BCUT2D eigenvalue weighted by atomic mass is 9.94. The third kappa shape index (κ3) is 3.31. The Morgan fingerprint density at radius 3 is 2.56 bits per heavy atom. The van der Waals surface area contributed by atoms with Crippen LogP contribution in [-0.2, 0) is 6.54 Å². The molecule has 0 aliphatic heterocycles. The van der Waals surface area contributed by atoms with Crippen molar-refractivity contribution in [2.24, 2.45) is 0 Å². The van der Waals surface area contributed by atoms with Gasteiger partial charge in [0.25, 0.3) is 0 Å². The van der Waals surface area contributed by atoms with Crippen molar-refractivity contribution in [3.05, 3.63) is 27.7 Å². The van der Waals surface area contributed by atoms with Crippen LogP contribution in [0.25, 0.3) is 0 Å². The number of hydrogen-bond acceptors (Lipinski definition) is 2. The lowest BCUT2D eigenvalue weighted by Gasteiger charge is -2.31. The molecule has 100 valence electrons. The topological polar surface area (TPSA) is 29.3 Å². The van der Waals surface area contributed by atoms with Gasteiger partial charge in [-0.25, -0.2) is 0 Å². The summed E-state index contributed by atoms with van der Waals surface area (Å²) in [5.74, 6) is 0. The van der Waals surface area contributed by atoms with E-state index >= 15 is 0 Å². The number of anilines is 1. The number of halogens is 2. The number of nitrogen functional groups attached to an aromatic ring is 1. The molecule has 2 rings (SSSR count). The molecule has 4 heteroatoms. The van der Waals surface area contributed by atoms with Crippen molar-refractivity contribution in [1.29, 1.82) is 0 Å². The molecule has 0 spiro atoms. The van der Waals surface area contributed by atoms with Crippen LogP contribution in [0.4, 0.5) is 5.69 Å². The highest BCUT2D eigenvalue weighted by molar-refractivity contribution is 6.36. The first-order valence-corrected chi connectivity index (χ1v) is 7.27. The minimum absolute atomic E-state index is 0.551. The first kappa shape index (κ1) is 14.0. The average Bonchev–Trinajstić information content (AvgIpc) is 2.36. The third-order valence-electron chi connectivity index (χ3n) is 3.80. The Morgan fingerprint density at radius 2 is 1.89 bits per heavy atom. The molecule has 1 aliphatic rings. The summed E-state index contributed by atoms with van der Waals surface area (Å²) in [4.78, 5) is 2.37. The van der Waals surface area contributed by atoms with Gasteiger partial charge in [0.15, 0.2) is 0 Å². The highest BCUT2D eigenvalue weighted by atomic mass is 35.5. The summed E-state index contributed by atoms with van der Waals surface area (Å²) in [5.41, 5.74) is 7.70. The van der Waals surface area contributed by atoms with E-state index in [1.807, 2.05) is 6.07 Å². The Kier molecular flexibility index (Phi) is 4.77. The van der Waals surface area contributed by atoms with Crippen molar-refractivity contribution in [2.45, 2.75) is 44.7 Å². The molecule has 0 unspecified atom stereocenters. The van der Waals surface area contributed by atoms with Gasteiger partial charge in [-0.15, -0.1) is 0 Å². The maximum atomic E-state index is 6.06. The van der Waals surface area contributed by atoms with E-state index in [4.69, 9.17) is 28.9 Å². The minimum atomic E-state index is 0.551. The summed E-state index contributed by atoms with van der Waals surface area (Å²) in [5, 5.41) is 1.20. The van der Waals surface area contributed by atoms with Crippen LogP contribution in [-0.4, -0.2) is 18.0 Å². The minimum Gasteiger partial charge on any atom is -0.397 e. The Hall–Kier alpha value is -0.440. The van der Waals surface area contributed by atoms with Crippen LogP contribution in [0.2, 0.25) is 10.0 Å². The first-order valence-electron chi connectivity index (χ1n) is 6.51. The van der Waals surface area contributed by atoms with Crippen molar-refractivity contribution in [1.82, 2.24) is 4.90 Å². The summed E-state index contributed by atoms with van der Waals surface area (Å²) in [6, 6.07) is 4.28. The van der Waals surface area contributed by atoms with Crippen LogP contribution in [0, 0.1) is 0 Å². The quantitative estimate of drug-likeness (QED) is 0.838. The summed E-state index contributed by atoms with van der Waals surface area (Å²) >= 11 is 12.1. The third-order valence-corrected chi connectivity index (χ3v) is 4.33. The maximum Gasteiger partial charge on any atom is 0.0653 e. The molecule has 1 fully saturated rings. The lowest BCUT2D eigenvalue weighted by molar-refractivity contribution is 0.185. The molecule has 0 radical (unpaired) electrons. The second-order valence-corrected chi connectivity index (χ2v) is 6.01. The standard InChI is InChI=1S/C14H20Cl2N2/c1-18(12-5-3-2-4-6-12)9-10-7-11(15)8-13(16)14(10)17/h7-8,12H,2-6,9,17H2,1H3. The second kappa shape index (κ2) is 6.14. The van der Waals surface area contributed by atoms with Gasteiger partial charge in [-0.05, 0) is 37.6 Å². The molecule has 0 aromatic heterocycles. The first-order chi connectivity index (χ1) is 8.58. The van der Waals surface area contributed by atoms with Crippen LogP contribution in [0.3, 0.4) is 0 Å². The summed E-state index contributed by atoms with van der Waals surface area (Å²) in [6.07, 6.45) is 6.60. The van der Waals surface area contributed by atoms with Gasteiger partial charge in [-0.3, -0.25) is 4.90 Å². The molecular formula is C14H20Cl2N2. The second-order valence-electron chi connectivity index (χ2n) is 5.17. The molecule has 0 saturated heterocycles. The van der Waals surface area contributed by atoms with Gasteiger partial charge >= 0.3 is 0 Å². The van der Waals surface area contributed by atoms with Crippen molar-refractivity contribution in [2.75, 3.05) is 12.8 Å². The SMILES string of the molecule is CN(Cc1cc(Cl)cc(Cl)c1N)C1CCCCC1. The molecule has 0 atom stereocenters. The van der Waals surface area contributed by atoms with Gasteiger partial charge in [0.05, 0.1) is 10.7 Å². The zero-order chi connectivity index (χ0) is 13.1. The molecule has 1 aromatic carbocycles. The van der Waals surface area contributed by atoms with Gasteiger partial charge in [-0.2, -0.15) is 0 Å². The lowest BCUT2D eigenvalue weighted by Crippen LogP contribution is -2.33. The number of nitrogens with two attached hydrogens (primary N) is 1. The zero-order valence-corrected chi connectivity index (χ0v) is 12.3. The fourth-order valence-corrected chi connectivity index (χ4v) is 3.22. The number of benzene rings is 1. The Balaban J connectivity index is 2.08. The van der Waals surface area contributed by atoms with E-state index in [0.29, 0.717) is 21.8 Å². The molecule has 2 nitrogen and oxygen atoms in total. The van der Waals surface area contributed by atoms with Gasteiger partial charge in [0.2, 0.25) is 0 Å². The van der Waals surface area contributed by atoms with E-state index < -0.39 is 0 Å². The molecule has 1 saturated carbocycles. The highest BCUT2D eigenvalue weighted by Gasteiger charge is 2.19. The zero-order valence-electron chi connectivity index (χ0n) is 10.8. The molecule has 18 heavy (non-hydrogen) atoms. The molecule has 0 bridgehead atoms. The van der Waals surface area contributed by atoms with Crippen LogP contribution in [0.5, 0.6) is 0 Å². The smallest absolute Gasteiger partial charge is 0.0653 e. The van der Waals surface area contributed by atoms with Crippen LogP contribution in [0.15, 0.2) is 12.1 Å². The van der Waals surface area contributed by atoms with Gasteiger partial charge in [0.1, 0.15) is 0 Å². The van der Waals surface area contributed by atoms with Crippen molar-refractivity contribution < 1.29 is 0 Å². The van der Waals surface area contributed by atoms with Crippen LogP contribution < -0.4 is 5.73 Å². The van der Waals surface area contributed by atoms with Gasteiger partial charge < -0.3 is 5.73 Å². The van der Waals surface area contributed by atoms with Crippen LogP contribution >= 0.6 is 23.2 Å². The number of nitrogens with zero attached hydrogens (tertiary/aromatic N) is 1. The van der Waals surface area contributed by atoms with E-state index in [-0.39, 0.29) is 0 Å². The molecule has 1 aliphatic carbocycles. The van der Waals surface area contributed by atoms with Crippen LogP contribution in [0.1, 0.15) is 37.7 Å². The summed E-state index contributed by atoms with van der Waals surface area (Å²) in [6.45, 7) is 0.816. The molecule has 1 aromatic rings.